The van der Waals surface area contributed by atoms with Crippen molar-refractivity contribution < 1.29 is 5.11 Å². The van der Waals surface area contributed by atoms with Crippen LogP contribution in [-0.4, -0.2) is 61.9 Å². The van der Waals surface area contributed by atoms with Gasteiger partial charge in [0.1, 0.15) is 0 Å². The van der Waals surface area contributed by atoms with Crippen LogP contribution in [0.25, 0.3) is 0 Å². The number of piperidine rings is 1. The minimum atomic E-state index is -0.684. The standard InChI is InChI=1S/C17H28ClN3O/c1-17(22,13-20(2)3)12-19-15-8-10-21(11-9-15)16-6-4-14(18)5-7-16/h4-7,15,19,22H,8-13H2,1-3H3. The van der Waals surface area contributed by atoms with E-state index in [2.05, 4.69) is 22.3 Å². The van der Waals surface area contributed by atoms with Crippen LogP contribution in [-0.2, 0) is 0 Å². The number of benzene rings is 1. The van der Waals surface area contributed by atoms with Crippen molar-refractivity contribution in [3.05, 3.63) is 29.3 Å². The Kier molecular flexibility index (Phi) is 6.09. The molecule has 0 bridgehead atoms. The second-order valence-corrected chi connectivity index (χ2v) is 7.29. The molecule has 1 aliphatic rings. The molecular weight excluding hydrogens is 298 g/mol. The molecule has 1 aliphatic heterocycles. The Morgan fingerprint density at radius 1 is 1.27 bits per heavy atom. The highest BCUT2D eigenvalue weighted by Gasteiger charge is 2.25. The smallest absolute Gasteiger partial charge is 0.0869 e. The Labute approximate surface area is 139 Å². The first-order chi connectivity index (χ1) is 10.4. The van der Waals surface area contributed by atoms with E-state index in [0.29, 0.717) is 19.1 Å². The number of hydrogen-bond acceptors (Lipinski definition) is 4. The van der Waals surface area contributed by atoms with Crippen molar-refractivity contribution in [1.29, 1.82) is 0 Å². The fourth-order valence-electron chi connectivity index (χ4n) is 3.10. The van der Waals surface area contributed by atoms with Crippen LogP contribution in [0.5, 0.6) is 0 Å². The fraction of sp³-hybridized carbons (Fsp3) is 0.647. The third kappa shape index (κ3) is 5.43. The Bertz CT molecular complexity index is 453. The Morgan fingerprint density at radius 3 is 2.41 bits per heavy atom. The van der Waals surface area contributed by atoms with E-state index in [0.717, 1.165) is 31.0 Å². The van der Waals surface area contributed by atoms with E-state index >= 15 is 0 Å². The lowest BCUT2D eigenvalue weighted by Gasteiger charge is -2.36. The average molecular weight is 326 g/mol. The molecule has 124 valence electrons. The van der Waals surface area contributed by atoms with Crippen LogP contribution in [0.15, 0.2) is 24.3 Å². The summed E-state index contributed by atoms with van der Waals surface area (Å²) in [5.41, 5.74) is 0.555. The number of rotatable bonds is 6. The highest BCUT2D eigenvalue weighted by atomic mass is 35.5. The average Bonchev–Trinajstić information content (AvgIpc) is 2.45. The van der Waals surface area contributed by atoms with Gasteiger partial charge in [0, 0.05) is 42.9 Å². The summed E-state index contributed by atoms with van der Waals surface area (Å²) in [6.45, 7) is 5.27. The van der Waals surface area contributed by atoms with Crippen LogP contribution < -0.4 is 10.2 Å². The monoisotopic (exact) mass is 325 g/mol. The van der Waals surface area contributed by atoms with Crippen molar-refractivity contribution in [2.45, 2.75) is 31.4 Å². The van der Waals surface area contributed by atoms with Gasteiger partial charge < -0.3 is 20.2 Å². The summed E-state index contributed by atoms with van der Waals surface area (Å²) in [5.74, 6) is 0. The first-order valence-corrected chi connectivity index (χ1v) is 8.34. The summed E-state index contributed by atoms with van der Waals surface area (Å²) in [5, 5.41) is 14.6. The van der Waals surface area contributed by atoms with E-state index in [1.807, 2.05) is 38.1 Å². The van der Waals surface area contributed by atoms with E-state index in [9.17, 15) is 5.11 Å². The van der Waals surface area contributed by atoms with Gasteiger partial charge in [-0.3, -0.25) is 0 Å². The molecule has 2 N–H and O–H groups in total. The second kappa shape index (κ2) is 7.64. The van der Waals surface area contributed by atoms with Gasteiger partial charge in [0.25, 0.3) is 0 Å². The van der Waals surface area contributed by atoms with Crippen molar-refractivity contribution in [1.82, 2.24) is 10.2 Å². The number of hydrogen-bond donors (Lipinski definition) is 2. The third-order valence-corrected chi connectivity index (χ3v) is 4.37. The Hall–Kier alpha value is -0.810. The predicted molar refractivity (Wildman–Crippen MR) is 93.9 cm³/mol. The lowest BCUT2D eigenvalue weighted by atomic mass is 10.0. The van der Waals surface area contributed by atoms with Crippen molar-refractivity contribution in [3.63, 3.8) is 0 Å². The van der Waals surface area contributed by atoms with Gasteiger partial charge in [-0.2, -0.15) is 0 Å². The molecule has 1 fully saturated rings. The third-order valence-electron chi connectivity index (χ3n) is 4.12. The van der Waals surface area contributed by atoms with E-state index in [1.165, 1.54) is 5.69 Å². The molecule has 0 radical (unpaired) electrons. The lowest BCUT2D eigenvalue weighted by Crippen LogP contribution is -2.50. The lowest BCUT2D eigenvalue weighted by molar-refractivity contribution is 0.0306. The predicted octanol–water partition coefficient (Wildman–Crippen LogP) is 2.21. The zero-order chi connectivity index (χ0) is 16.2. The van der Waals surface area contributed by atoms with Gasteiger partial charge in [0.15, 0.2) is 0 Å². The Morgan fingerprint density at radius 2 is 1.86 bits per heavy atom. The van der Waals surface area contributed by atoms with Gasteiger partial charge in [-0.15, -0.1) is 0 Å². The fourth-order valence-corrected chi connectivity index (χ4v) is 3.22. The van der Waals surface area contributed by atoms with Crippen molar-refractivity contribution in [2.24, 2.45) is 0 Å². The summed E-state index contributed by atoms with van der Waals surface area (Å²) in [4.78, 5) is 4.41. The number of nitrogens with zero attached hydrogens (tertiary/aromatic N) is 2. The molecule has 5 heteroatoms. The van der Waals surface area contributed by atoms with Crippen LogP contribution in [0.2, 0.25) is 5.02 Å². The van der Waals surface area contributed by atoms with Crippen molar-refractivity contribution in [2.75, 3.05) is 45.2 Å². The topological polar surface area (TPSA) is 38.7 Å². The zero-order valence-electron chi connectivity index (χ0n) is 13.8. The van der Waals surface area contributed by atoms with Gasteiger partial charge in [-0.25, -0.2) is 0 Å². The molecule has 1 heterocycles. The number of anilines is 1. The molecule has 22 heavy (non-hydrogen) atoms. The number of halogens is 1. The van der Waals surface area contributed by atoms with Crippen LogP contribution >= 0.6 is 11.6 Å². The molecule has 1 atom stereocenters. The molecule has 1 saturated heterocycles. The molecule has 4 nitrogen and oxygen atoms in total. The molecule has 1 aromatic rings. The van der Waals surface area contributed by atoms with Gasteiger partial charge in [-0.05, 0) is 58.1 Å². The quantitative estimate of drug-likeness (QED) is 0.841. The molecule has 0 amide bonds. The summed E-state index contributed by atoms with van der Waals surface area (Å²) in [6, 6.07) is 8.53. The number of likely N-dealkylation sites (N-methyl/N-ethyl adjacent to an activating group) is 1. The molecule has 0 aliphatic carbocycles. The highest BCUT2D eigenvalue weighted by Crippen LogP contribution is 2.22. The minimum absolute atomic E-state index is 0.484. The minimum Gasteiger partial charge on any atom is -0.388 e. The second-order valence-electron chi connectivity index (χ2n) is 6.85. The molecule has 0 spiro atoms. The van der Waals surface area contributed by atoms with Gasteiger partial charge >= 0.3 is 0 Å². The summed E-state index contributed by atoms with van der Waals surface area (Å²) < 4.78 is 0. The summed E-state index contributed by atoms with van der Waals surface area (Å²) in [7, 11) is 3.97. The molecule has 1 aromatic carbocycles. The van der Waals surface area contributed by atoms with Crippen LogP contribution in [0, 0.1) is 0 Å². The van der Waals surface area contributed by atoms with Crippen molar-refractivity contribution >= 4 is 17.3 Å². The van der Waals surface area contributed by atoms with Gasteiger partial charge in [-0.1, -0.05) is 11.6 Å². The van der Waals surface area contributed by atoms with E-state index < -0.39 is 5.60 Å². The Balaban J connectivity index is 1.76. The first-order valence-electron chi connectivity index (χ1n) is 7.97. The molecule has 1 unspecified atom stereocenters. The van der Waals surface area contributed by atoms with Crippen LogP contribution in [0.3, 0.4) is 0 Å². The maximum absolute atomic E-state index is 10.3. The van der Waals surface area contributed by atoms with Gasteiger partial charge in [0.05, 0.1) is 5.60 Å². The normalized spacial score (nSPS) is 19.5. The largest absolute Gasteiger partial charge is 0.388 e. The van der Waals surface area contributed by atoms with Crippen molar-refractivity contribution in [3.8, 4) is 0 Å². The van der Waals surface area contributed by atoms with Gasteiger partial charge in [0.2, 0.25) is 0 Å². The number of nitrogens with one attached hydrogen (secondary N) is 1. The summed E-state index contributed by atoms with van der Waals surface area (Å²) >= 11 is 5.94. The highest BCUT2D eigenvalue weighted by molar-refractivity contribution is 6.30. The SMILES string of the molecule is CN(C)CC(C)(O)CNC1CCN(c2ccc(Cl)cc2)CC1. The van der Waals surface area contributed by atoms with E-state index in [4.69, 9.17) is 11.6 Å². The molecule has 0 saturated carbocycles. The summed E-state index contributed by atoms with van der Waals surface area (Å²) in [6.07, 6.45) is 2.20. The molecule has 0 aromatic heterocycles. The zero-order valence-corrected chi connectivity index (χ0v) is 14.6. The van der Waals surface area contributed by atoms with E-state index in [1.54, 1.807) is 0 Å². The maximum atomic E-state index is 10.3. The number of aliphatic hydroxyl groups is 1. The molecular formula is C17H28ClN3O. The maximum Gasteiger partial charge on any atom is 0.0869 e. The van der Waals surface area contributed by atoms with E-state index in [-0.39, 0.29) is 0 Å². The first kappa shape index (κ1) is 17.5. The van der Waals surface area contributed by atoms with Crippen LogP contribution in [0.4, 0.5) is 5.69 Å². The molecule has 2 rings (SSSR count). The van der Waals surface area contributed by atoms with Crippen LogP contribution in [0.1, 0.15) is 19.8 Å².